The summed E-state index contributed by atoms with van der Waals surface area (Å²) < 4.78 is 18.3. The number of halogens is 1. The highest BCUT2D eigenvalue weighted by atomic mass is 19.1. The van der Waals surface area contributed by atoms with Gasteiger partial charge in [0.2, 0.25) is 11.8 Å². The predicted molar refractivity (Wildman–Crippen MR) is 76.5 cm³/mol. The third-order valence-corrected chi connectivity index (χ3v) is 3.53. The van der Waals surface area contributed by atoms with Gasteiger partial charge in [-0.15, -0.1) is 0 Å². The summed E-state index contributed by atoms with van der Waals surface area (Å²) in [4.78, 5) is 23.3. The molecule has 1 fully saturated rings. The maximum absolute atomic E-state index is 13.5. The molecule has 1 saturated carbocycles. The highest BCUT2D eigenvalue weighted by Gasteiger charge is 2.38. The predicted octanol–water partition coefficient (Wildman–Crippen LogP) is 1.94. The van der Waals surface area contributed by atoms with E-state index in [2.05, 4.69) is 10.6 Å². The summed E-state index contributed by atoms with van der Waals surface area (Å²) >= 11 is 0. The van der Waals surface area contributed by atoms with Gasteiger partial charge in [-0.3, -0.25) is 9.59 Å². The van der Waals surface area contributed by atoms with Gasteiger partial charge in [-0.05, 0) is 24.5 Å². The maximum atomic E-state index is 13.5. The fourth-order valence-corrected chi connectivity index (χ4v) is 2.09. The van der Waals surface area contributed by atoms with Crippen molar-refractivity contribution in [3.8, 4) is 5.75 Å². The standard InChI is InChI=1S/C15H19FN2O3/c1-9-7-11(9)15(20)17-6-5-14(19)18-10-3-4-13(21-2)12(16)8-10/h3-4,8-9,11H,5-7H2,1-2H3,(H,17,20)(H,18,19)/t9-,11-/m1/s1. The molecule has 2 rings (SSSR count). The van der Waals surface area contributed by atoms with Crippen molar-refractivity contribution in [2.24, 2.45) is 11.8 Å². The van der Waals surface area contributed by atoms with Crippen LogP contribution >= 0.6 is 0 Å². The van der Waals surface area contributed by atoms with Crippen LogP contribution in [0.25, 0.3) is 0 Å². The lowest BCUT2D eigenvalue weighted by Crippen LogP contribution is -2.29. The Morgan fingerprint density at radius 1 is 1.43 bits per heavy atom. The zero-order valence-electron chi connectivity index (χ0n) is 12.1. The molecule has 2 N–H and O–H groups in total. The quantitative estimate of drug-likeness (QED) is 0.842. The lowest BCUT2D eigenvalue weighted by molar-refractivity contribution is -0.122. The van der Waals surface area contributed by atoms with E-state index in [9.17, 15) is 14.0 Å². The lowest BCUT2D eigenvalue weighted by atomic mass is 10.2. The zero-order chi connectivity index (χ0) is 15.4. The fraction of sp³-hybridized carbons (Fsp3) is 0.467. The highest BCUT2D eigenvalue weighted by Crippen LogP contribution is 2.37. The number of hydrogen-bond acceptors (Lipinski definition) is 3. The second kappa shape index (κ2) is 6.56. The summed E-state index contributed by atoms with van der Waals surface area (Å²) in [6, 6.07) is 4.20. The Hall–Kier alpha value is -2.11. The summed E-state index contributed by atoms with van der Waals surface area (Å²) in [5.74, 6) is -0.135. The van der Waals surface area contributed by atoms with Gasteiger partial charge in [0.1, 0.15) is 0 Å². The van der Waals surface area contributed by atoms with Crippen molar-refractivity contribution in [2.45, 2.75) is 19.8 Å². The molecule has 0 unspecified atom stereocenters. The van der Waals surface area contributed by atoms with Crippen molar-refractivity contribution >= 4 is 17.5 Å². The van der Waals surface area contributed by atoms with E-state index in [-0.39, 0.29) is 36.4 Å². The average Bonchev–Trinajstić information content (AvgIpc) is 3.16. The molecule has 1 aromatic rings. The number of rotatable bonds is 6. The second-order valence-electron chi connectivity index (χ2n) is 5.26. The SMILES string of the molecule is COc1ccc(NC(=O)CCNC(=O)[C@@H]2C[C@H]2C)cc1F. The number of amides is 2. The molecule has 0 saturated heterocycles. The molecule has 1 aliphatic carbocycles. The number of anilines is 1. The molecule has 5 nitrogen and oxygen atoms in total. The van der Waals surface area contributed by atoms with E-state index in [1.165, 1.54) is 19.2 Å². The molecule has 1 aromatic carbocycles. The summed E-state index contributed by atoms with van der Waals surface area (Å²) in [5, 5.41) is 5.30. The smallest absolute Gasteiger partial charge is 0.226 e. The molecule has 1 aliphatic rings. The van der Waals surface area contributed by atoms with Gasteiger partial charge in [-0.25, -0.2) is 4.39 Å². The van der Waals surface area contributed by atoms with E-state index in [0.29, 0.717) is 11.6 Å². The lowest BCUT2D eigenvalue weighted by Gasteiger charge is -2.08. The molecule has 2 atom stereocenters. The Bertz CT molecular complexity index is 548. The Kier molecular flexibility index (Phi) is 4.77. The van der Waals surface area contributed by atoms with Crippen LogP contribution in [0.1, 0.15) is 19.8 Å². The first-order chi connectivity index (χ1) is 10.0. The van der Waals surface area contributed by atoms with Gasteiger partial charge in [0.05, 0.1) is 7.11 Å². The second-order valence-corrected chi connectivity index (χ2v) is 5.26. The van der Waals surface area contributed by atoms with Crippen molar-refractivity contribution < 1.29 is 18.7 Å². The Morgan fingerprint density at radius 3 is 2.71 bits per heavy atom. The fourth-order valence-electron chi connectivity index (χ4n) is 2.09. The highest BCUT2D eigenvalue weighted by molar-refractivity contribution is 5.91. The monoisotopic (exact) mass is 294 g/mol. The molecule has 0 bridgehead atoms. The Balaban J connectivity index is 1.74. The first kappa shape index (κ1) is 15.3. The first-order valence-electron chi connectivity index (χ1n) is 6.92. The van der Waals surface area contributed by atoms with Crippen molar-refractivity contribution in [2.75, 3.05) is 19.0 Å². The number of carbonyl (C=O) groups is 2. The van der Waals surface area contributed by atoms with Gasteiger partial charge in [-0.2, -0.15) is 0 Å². The van der Waals surface area contributed by atoms with E-state index in [4.69, 9.17) is 4.74 Å². The van der Waals surface area contributed by atoms with E-state index in [1.54, 1.807) is 6.07 Å². The van der Waals surface area contributed by atoms with Crippen LogP contribution in [0, 0.1) is 17.7 Å². The molecule has 2 amide bonds. The molecule has 6 heteroatoms. The van der Waals surface area contributed by atoms with Crippen LogP contribution in [0.2, 0.25) is 0 Å². The largest absolute Gasteiger partial charge is 0.494 e. The third-order valence-electron chi connectivity index (χ3n) is 3.53. The van der Waals surface area contributed by atoms with Gasteiger partial charge < -0.3 is 15.4 Å². The minimum absolute atomic E-state index is 0.00536. The van der Waals surface area contributed by atoms with E-state index >= 15 is 0 Å². The van der Waals surface area contributed by atoms with Crippen LogP contribution < -0.4 is 15.4 Å². The molecule has 0 radical (unpaired) electrons. The van der Waals surface area contributed by atoms with Gasteiger partial charge >= 0.3 is 0 Å². The first-order valence-corrected chi connectivity index (χ1v) is 6.92. The van der Waals surface area contributed by atoms with E-state index in [1.807, 2.05) is 6.92 Å². The Labute approximate surface area is 122 Å². The zero-order valence-corrected chi connectivity index (χ0v) is 12.1. The van der Waals surface area contributed by atoms with Crippen LogP contribution in [0.5, 0.6) is 5.75 Å². The van der Waals surface area contributed by atoms with Crippen LogP contribution in [0.15, 0.2) is 18.2 Å². The van der Waals surface area contributed by atoms with Crippen molar-refractivity contribution in [3.05, 3.63) is 24.0 Å². The van der Waals surface area contributed by atoms with Crippen LogP contribution in [0.3, 0.4) is 0 Å². The molecule has 0 aliphatic heterocycles. The number of ether oxygens (including phenoxy) is 1. The Morgan fingerprint density at radius 2 is 2.14 bits per heavy atom. The summed E-state index contributed by atoms with van der Waals surface area (Å²) in [6.07, 6.45) is 1.07. The van der Waals surface area contributed by atoms with Crippen molar-refractivity contribution in [1.29, 1.82) is 0 Å². The van der Waals surface area contributed by atoms with Crippen molar-refractivity contribution in [3.63, 3.8) is 0 Å². The topological polar surface area (TPSA) is 67.4 Å². The molecule has 21 heavy (non-hydrogen) atoms. The minimum atomic E-state index is -0.536. The number of hydrogen-bond donors (Lipinski definition) is 2. The number of carbonyl (C=O) groups excluding carboxylic acids is 2. The summed E-state index contributed by atoms with van der Waals surface area (Å²) in [6.45, 7) is 2.31. The number of benzene rings is 1. The molecule has 114 valence electrons. The van der Waals surface area contributed by atoms with Crippen LogP contribution in [0.4, 0.5) is 10.1 Å². The third kappa shape index (κ3) is 4.18. The van der Waals surface area contributed by atoms with Crippen molar-refractivity contribution in [1.82, 2.24) is 5.32 Å². The number of nitrogens with one attached hydrogen (secondary N) is 2. The molecular weight excluding hydrogens is 275 g/mol. The maximum Gasteiger partial charge on any atom is 0.226 e. The summed E-state index contributed by atoms with van der Waals surface area (Å²) in [5.41, 5.74) is 0.362. The molecule has 0 aromatic heterocycles. The van der Waals surface area contributed by atoms with Gasteiger partial charge in [-0.1, -0.05) is 6.92 Å². The van der Waals surface area contributed by atoms with Gasteiger partial charge in [0.15, 0.2) is 11.6 Å². The van der Waals surface area contributed by atoms with Gasteiger partial charge in [0.25, 0.3) is 0 Å². The minimum Gasteiger partial charge on any atom is -0.494 e. The molecule has 0 spiro atoms. The molecule has 0 heterocycles. The van der Waals surface area contributed by atoms with E-state index < -0.39 is 5.82 Å². The average molecular weight is 294 g/mol. The van der Waals surface area contributed by atoms with Crippen LogP contribution in [-0.4, -0.2) is 25.5 Å². The number of methoxy groups -OCH3 is 1. The van der Waals surface area contributed by atoms with Gasteiger partial charge in [0, 0.05) is 30.6 Å². The molecular formula is C15H19FN2O3. The normalized spacial score (nSPS) is 19.8. The van der Waals surface area contributed by atoms with Crippen LogP contribution in [-0.2, 0) is 9.59 Å². The van der Waals surface area contributed by atoms with E-state index in [0.717, 1.165) is 6.42 Å². The summed E-state index contributed by atoms with van der Waals surface area (Å²) in [7, 11) is 1.38.